The molecule has 1 heterocycles. The summed E-state index contributed by atoms with van der Waals surface area (Å²) < 4.78 is 36.5. The number of nitrogens with zero attached hydrogens (tertiary/aromatic N) is 3. The van der Waals surface area contributed by atoms with Gasteiger partial charge < -0.3 is 24.4 Å². The molecule has 0 fully saturated rings. The molecule has 9 nitrogen and oxygen atoms in total. The van der Waals surface area contributed by atoms with E-state index in [0.717, 1.165) is 34.9 Å². The van der Waals surface area contributed by atoms with E-state index in [1.54, 1.807) is 36.5 Å². The molecule has 258 valence electrons. The molecule has 2 atom stereocenters. The Morgan fingerprint density at radius 1 is 0.959 bits per heavy atom. The van der Waals surface area contributed by atoms with Crippen LogP contribution in [0.4, 0.5) is 13.6 Å². The van der Waals surface area contributed by atoms with Crippen LogP contribution in [-0.4, -0.2) is 61.7 Å². The van der Waals surface area contributed by atoms with Gasteiger partial charge in [0, 0.05) is 42.3 Å². The Labute approximate surface area is 284 Å². The van der Waals surface area contributed by atoms with Crippen molar-refractivity contribution in [2.75, 3.05) is 13.2 Å². The van der Waals surface area contributed by atoms with Crippen molar-refractivity contribution >= 4 is 18.0 Å². The molecule has 0 radical (unpaired) electrons. The average molecular weight is 674 g/mol. The Hall–Kier alpha value is -5.29. The molecule has 0 spiro atoms. The van der Waals surface area contributed by atoms with Crippen molar-refractivity contribution in [1.82, 2.24) is 14.4 Å². The number of amides is 2. The van der Waals surface area contributed by atoms with E-state index in [4.69, 9.17) is 4.74 Å². The van der Waals surface area contributed by atoms with Gasteiger partial charge >= 0.3 is 12.1 Å². The summed E-state index contributed by atoms with van der Waals surface area (Å²) in [5, 5.41) is 20.3. The van der Waals surface area contributed by atoms with Gasteiger partial charge in [-0.25, -0.2) is 18.4 Å². The first-order valence-corrected chi connectivity index (χ1v) is 15.8. The van der Waals surface area contributed by atoms with Crippen LogP contribution in [0.2, 0.25) is 0 Å². The molecular formula is C38H41F2N3O6. The average Bonchev–Trinajstić information content (AvgIpc) is 3.47. The van der Waals surface area contributed by atoms with Crippen LogP contribution in [-0.2, 0) is 27.5 Å². The molecule has 2 amide bonds. The van der Waals surface area contributed by atoms with Gasteiger partial charge in [-0.05, 0) is 47.2 Å². The zero-order valence-electron chi connectivity index (χ0n) is 27.8. The largest absolute Gasteiger partial charge is 0.480 e. The molecule has 0 bridgehead atoms. The monoisotopic (exact) mass is 673 g/mol. The molecule has 11 heteroatoms. The molecule has 0 saturated carbocycles. The van der Waals surface area contributed by atoms with Crippen molar-refractivity contribution < 1.29 is 38.1 Å². The second-order valence-electron chi connectivity index (χ2n) is 12.7. The van der Waals surface area contributed by atoms with Gasteiger partial charge in [0.15, 0.2) is 0 Å². The number of carbonyl (C=O) groups excluding carboxylic acids is 2. The Kier molecular flexibility index (Phi) is 12.1. The number of ether oxygens (including phenoxy) is 1. The molecule has 0 aliphatic carbocycles. The lowest BCUT2D eigenvalue weighted by molar-refractivity contribution is -0.145. The standard InChI is InChI=1S/C38H41F2N3O6/c1-5-42(37(48)49-25-27-14-10-7-11-15-27)32(36(46)47)18-19-43(34(45)24-44)35(38(2,3)4)33-20-28(30-21-29(39)16-17-31(30)40)23-41(33)22-26-12-8-6-9-13-26/h5-17,20-21,23,32,35,44H,1,18-19,22,24-25H2,2-4H3,(H,46,47)/t32-,35-/m0/s1. The topological polar surface area (TPSA) is 112 Å². The van der Waals surface area contributed by atoms with Crippen LogP contribution in [0.15, 0.2) is 104 Å². The molecular weight excluding hydrogens is 632 g/mol. The fourth-order valence-corrected chi connectivity index (χ4v) is 5.87. The van der Waals surface area contributed by atoms with Gasteiger partial charge in [-0.15, -0.1) is 0 Å². The molecule has 4 rings (SSSR count). The predicted molar refractivity (Wildman–Crippen MR) is 181 cm³/mol. The number of halogens is 2. The predicted octanol–water partition coefficient (Wildman–Crippen LogP) is 7.02. The number of carbonyl (C=O) groups is 3. The molecule has 0 saturated heterocycles. The molecule has 3 aromatic carbocycles. The fraction of sp³-hybridized carbons (Fsp3) is 0.289. The minimum atomic E-state index is -1.47. The highest BCUT2D eigenvalue weighted by molar-refractivity contribution is 5.81. The van der Waals surface area contributed by atoms with Crippen molar-refractivity contribution in [3.8, 4) is 11.1 Å². The van der Waals surface area contributed by atoms with Crippen LogP contribution >= 0.6 is 0 Å². The third-order valence-electron chi connectivity index (χ3n) is 8.11. The van der Waals surface area contributed by atoms with E-state index in [1.807, 2.05) is 61.7 Å². The molecule has 49 heavy (non-hydrogen) atoms. The maximum absolute atomic E-state index is 15.0. The SMILES string of the molecule is C=CN(C(=O)OCc1ccccc1)[C@@H](CCN(C(=O)CO)[C@@H](c1cc(-c2cc(F)ccc2F)cn1Cc1ccccc1)C(C)(C)C)C(=O)O. The smallest absolute Gasteiger partial charge is 0.414 e. The van der Waals surface area contributed by atoms with Gasteiger partial charge in [0.05, 0.1) is 6.04 Å². The molecule has 4 aromatic rings. The van der Waals surface area contributed by atoms with Crippen LogP contribution < -0.4 is 0 Å². The minimum absolute atomic E-state index is 0.0299. The van der Waals surface area contributed by atoms with Gasteiger partial charge in [-0.3, -0.25) is 9.69 Å². The minimum Gasteiger partial charge on any atom is -0.480 e. The van der Waals surface area contributed by atoms with Crippen molar-refractivity contribution in [3.63, 3.8) is 0 Å². The fourth-order valence-electron chi connectivity index (χ4n) is 5.87. The number of carboxylic acid groups (broad SMARTS) is 1. The van der Waals surface area contributed by atoms with E-state index in [9.17, 15) is 29.0 Å². The second-order valence-corrected chi connectivity index (χ2v) is 12.7. The van der Waals surface area contributed by atoms with Crippen molar-refractivity contribution in [2.45, 2.75) is 52.4 Å². The van der Waals surface area contributed by atoms with Crippen LogP contribution in [0.5, 0.6) is 0 Å². The molecule has 0 aliphatic rings. The van der Waals surface area contributed by atoms with E-state index in [2.05, 4.69) is 6.58 Å². The number of benzene rings is 3. The van der Waals surface area contributed by atoms with Gasteiger partial charge in [0.25, 0.3) is 0 Å². The summed E-state index contributed by atoms with van der Waals surface area (Å²) in [4.78, 5) is 41.3. The van der Waals surface area contributed by atoms with Crippen LogP contribution in [0, 0.1) is 17.0 Å². The first-order chi connectivity index (χ1) is 23.3. The van der Waals surface area contributed by atoms with Crippen molar-refractivity contribution in [1.29, 1.82) is 0 Å². The van der Waals surface area contributed by atoms with Gasteiger partial charge in [-0.2, -0.15) is 0 Å². The zero-order chi connectivity index (χ0) is 35.7. The Morgan fingerprint density at radius 2 is 1.59 bits per heavy atom. The van der Waals surface area contributed by atoms with E-state index in [0.29, 0.717) is 23.4 Å². The van der Waals surface area contributed by atoms with Crippen LogP contribution in [0.3, 0.4) is 0 Å². The zero-order valence-corrected chi connectivity index (χ0v) is 27.8. The first-order valence-electron chi connectivity index (χ1n) is 15.8. The highest BCUT2D eigenvalue weighted by atomic mass is 19.1. The number of aliphatic hydroxyl groups is 1. The Morgan fingerprint density at radius 3 is 2.16 bits per heavy atom. The number of aromatic nitrogens is 1. The molecule has 0 unspecified atom stereocenters. The summed E-state index contributed by atoms with van der Waals surface area (Å²) in [5.74, 6) is -3.29. The summed E-state index contributed by atoms with van der Waals surface area (Å²) in [7, 11) is 0. The van der Waals surface area contributed by atoms with E-state index in [1.165, 1.54) is 4.90 Å². The summed E-state index contributed by atoms with van der Waals surface area (Å²) in [6.45, 7) is 8.40. The number of hydrogen-bond donors (Lipinski definition) is 2. The lowest BCUT2D eigenvalue weighted by Crippen LogP contribution is -2.48. The lowest BCUT2D eigenvalue weighted by atomic mass is 9.82. The van der Waals surface area contributed by atoms with E-state index in [-0.39, 0.29) is 25.1 Å². The summed E-state index contributed by atoms with van der Waals surface area (Å²) in [6.07, 6.45) is 1.57. The summed E-state index contributed by atoms with van der Waals surface area (Å²) >= 11 is 0. The Bertz CT molecular complexity index is 1750. The normalized spacial score (nSPS) is 12.5. The van der Waals surface area contributed by atoms with Gasteiger partial charge in [-0.1, -0.05) is 88.0 Å². The number of aliphatic hydroxyl groups excluding tert-OH is 1. The number of aliphatic carboxylic acids is 1. The van der Waals surface area contributed by atoms with Crippen molar-refractivity contribution in [3.05, 3.63) is 132 Å². The number of carboxylic acids is 1. The quantitative estimate of drug-likeness (QED) is 0.149. The van der Waals surface area contributed by atoms with E-state index >= 15 is 4.39 Å². The summed E-state index contributed by atoms with van der Waals surface area (Å²) in [6, 6.07) is 20.9. The van der Waals surface area contributed by atoms with E-state index < -0.39 is 53.7 Å². The maximum atomic E-state index is 15.0. The maximum Gasteiger partial charge on any atom is 0.414 e. The third kappa shape index (κ3) is 9.20. The molecule has 1 aromatic heterocycles. The second kappa shape index (κ2) is 16.2. The lowest BCUT2D eigenvalue weighted by Gasteiger charge is -2.41. The Balaban J connectivity index is 1.73. The van der Waals surface area contributed by atoms with Crippen LogP contribution in [0.25, 0.3) is 11.1 Å². The number of rotatable bonds is 14. The van der Waals surface area contributed by atoms with Crippen molar-refractivity contribution in [2.24, 2.45) is 5.41 Å². The summed E-state index contributed by atoms with van der Waals surface area (Å²) in [5.41, 5.74) is 1.83. The number of hydrogen-bond acceptors (Lipinski definition) is 5. The van der Waals surface area contributed by atoms with Gasteiger partial charge in [0.2, 0.25) is 5.91 Å². The van der Waals surface area contributed by atoms with Crippen LogP contribution in [0.1, 0.15) is 50.1 Å². The highest BCUT2D eigenvalue weighted by Crippen LogP contribution is 2.41. The molecule has 2 N–H and O–H groups in total. The molecule has 0 aliphatic heterocycles. The first kappa shape index (κ1) is 36.5. The third-order valence-corrected chi connectivity index (χ3v) is 8.11. The highest BCUT2D eigenvalue weighted by Gasteiger charge is 2.39. The van der Waals surface area contributed by atoms with Gasteiger partial charge in [0.1, 0.15) is 30.9 Å².